The Morgan fingerprint density at radius 1 is 1.53 bits per heavy atom. The lowest BCUT2D eigenvalue weighted by Crippen LogP contribution is -2.41. The Morgan fingerprint density at radius 2 is 2.16 bits per heavy atom. The fourth-order valence-electron chi connectivity index (χ4n) is 2.03. The molecule has 0 aliphatic carbocycles. The number of anilines is 1. The highest BCUT2D eigenvalue weighted by molar-refractivity contribution is 6.34. The molecule has 19 heavy (non-hydrogen) atoms. The molecular formula is C14H21ClN2O2. The quantitative estimate of drug-likeness (QED) is 0.727. The topological polar surface area (TPSA) is 75.3 Å². The Hall–Kier alpha value is -1.26. The van der Waals surface area contributed by atoms with Crippen molar-refractivity contribution >= 4 is 23.2 Å². The van der Waals surface area contributed by atoms with Crippen molar-refractivity contribution in [3.05, 3.63) is 28.8 Å². The highest BCUT2D eigenvalue weighted by atomic mass is 35.5. The van der Waals surface area contributed by atoms with Crippen molar-refractivity contribution in [2.24, 2.45) is 5.92 Å². The van der Waals surface area contributed by atoms with E-state index in [1.165, 1.54) is 6.07 Å². The van der Waals surface area contributed by atoms with Crippen LogP contribution in [-0.4, -0.2) is 23.2 Å². The van der Waals surface area contributed by atoms with Crippen molar-refractivity contribution in [1.82, 2.24) is 5.32 Å². The number of carbonyl (C=O) groups excluding carboxylic acids is 1. The van der Waals surface area contributed by atoms with Crippen LogP contribution in [0.3, 0.4) is 0 Å². The maximum atomic E-state index is 12.0. The summed E-state index contributed by atoms with van der Waals surface area (Å²) in [4.78, 5) is 12.0. The molecule has 0 aliphatic rings. The summed E-state index contributed by atoms with van der Waals surface area (Å²) in [6.07, 6.45) is 0.614. The molecule has 4 N–H and O–H groups in total. The van der Waals surface area contributed by atoms with Crippen LogP contribution < -0.4 is 11.1 Å². The van der Waals surface area contributed by atoms with Crippen LogP contribution in [0.5, 0.6) is 0 Å². The first kappa shape index (κ1) is 15.8. The van der Waals surface area contributed by atoms with Gasteiger partial charge in [-0.05, 0) is 37.5 Å². The van der Waals surface area contributed by atoms with Crippen LogP contribution in [0.2, 0.25) is 5.02 Å². The Kier molecular flexibility index (Phi) is 5.20. The molecule has 4 nitrogen and oxygen atoms in total. The lowest BCUT2D eigenvalue weighted by molar-refractivity contribution is 0.0368. The zero-order chi connectivity index (χ0) is 14.6. The number of benzene rings is 1. The number of rotatable bonds is 5. The highest BCUT2D eigenvalue weighted by Gasteiger charge is 2.23. The van der Waals surface area contributed by atoms with Gasteiger partial charge in [-0.2, -0.15) is 0 Å². The lowest BCUT2D eigenvalue weighted by atomic mass is 9.94. The number of hydrogen-bond acceptors (Lipinski definition) is 3. The van der Waals surface area contributed by atoms with Crippen LogP contribution in [0, 0.1) is 5.92 Å². The number of carbonyl (C=O) groups is 1. The number of nitrogens with two attached hydrogens (primary N) is 1. The summed E-state index contributed by atoms with van der Waals surface area (Å²) < 4.78 is 0. The van der Waals surface area contributed by atoms with Gasteiger partial charge < -0.3 is 16.2 Å². The monoisotopic (exact) mass is 284 g/mol. The van der Waals surface area contributed by atoms with E-state index in [9.17, 15) is 9.90 Å². The summed E-state index contributed by atoms with van der Waals surface area (Å²) in [6, 6.07) is 4.72. The summed E-state index contributed by atoms with van der Waals surface area (Å²) in [5.41, 5.74) is 5.51. The predicted octanol–water partition coefficient (Wildman–Crippen LogP) is 2.45. The standard InChI is InChI=1S/C14H21ClN2O2/c1-9(2)7-14(3,19)8-17-13(18)11-5-4-10(16)6-12(11)15/h4-6,9,19H,7-8,16H2,1-3H3,(H,17,18). The van der Waals surface area contributed by atoms with Crippen molar-refractivity contribution in [2.75, 3.05) is 12.3 Å². The van der Waals surface area contributed by atoms with E-state index in [0.717, 1.165) is 0 Å². The molecule has 1 unspecified atom stereocenters. The minimum Gasteiger partial charge on any atom is -0.399 e. The second-order valence-corrected chi connectivity index (χ2v) is 5.92. The maximum absolute atomic E-state index is 12.0. The molecule has 0 fully saturated rings. The van der Waals surface area contributed by atoms with Crippen LogP contribution in [-0.2, 0) is 0 Å². The Balaban J connectivity index is 2.65. The molecule has 0 bridgehead atoms. The fraction of sp³-hybridized carbons (Fsp3) is 0.500. The molecule has 0 aromatic heterocycles. The van der Waals surface area contributed by atoms with E-state index in [1.54, 1.807) is 19.1 Å². The normalized spacial score (nSPS) is 14.2. The molecule has 106 valence electrons. The average Bonchev–Trinajstić information content (AvgIpc) is 2.24. The molecule has 0 saturated carbocycles. The Labute approximate surface area is 118 Å². The van der Waals surface area contributed by atoms with Crippen molar-refractivity contribution in [3.8, 4) is 0 Å². The number of nitrogen functional groups attached to an aromatic ring is 1. The van der Waals surface area contributed by atoms with E-state index in [-0.39, 0.29) is 12.5 Å². The van der Waals surface area contributed by atoms with Crippen molar-refractivity contribution < 1.29 is 9.90 Å². The molecule has 0 saturated heterocycles. The van der Waals surface area contributed by atoms with Crippen LogP contribution in [0.4, 0.5) is 5.69 Å². The zero-order valence-corrected chi connectivity index (χ0v) is 12.3. The average molecular weight is 285 g/mol. The van der Waals surface area contributed by atoms with Gasteiger partial charge in [-0.1, -0.05) is 25.4 Å². The summed E-state index contributed by atoms with van der Waals surface area (Å²) in [7, 11) is 0. The smallest absolute Gasteiger partial charge is 0.252 e. The van der Waals surface area contributed by atoms with Crippen molar-refractivity contribution in [3.63, 3.8) is 0 Å². The van der Waals surface area contributed by atoms with E-state index in [1.807, 2.05) is 13.8 Å². The van der Waals surface area contributed by atoms with E-state index >= 15 is 0 Å². The number of hydrogen-bond donors (Lipinski definition) is 3. The highest BCUT2D eigenvalue weighted by Crippen LogP contribution is 2.20. The molecule has 0 heterocycles. The van der Waals surface area contributed by atoms with E-state index in [2.05, 4.69) is 5.32 Å². The lowest BCUT2D eigenvalue weighted by Gasteiger charge is -2.25. The van der Waals surface area contributed by atoms with Crippen LogP contribution >= 0.6 is 11.6 Å². The zero-order valence-electron chi connectivity index (χ0n) is 11.5. The van der Waals surface area contributed by atoms with Gasteiger partial charge in [-0.3, -0.25) is 4.79 Å². The number of amides is 1. The molecule has 0 spiro atoms. The second-order valence-electron chi connectivity index (χ2n) is 5.52. The van der Waals surface area contributed by atoms with Gasteiger partial charge in [-0.15, -0.1) is 0 Å². The second kappa shape index (κ2) is 6.26. The van der Waals surface area contributed by atoms with Gasteiger partial charge in [-0.25, -0.2) is 0 Å². The van der Waals surface area contributed by atoms with Gasteiger partial charge in [0.15, 0.2) is 0 Å². The molecule has 1 aromatic carbocycles. The third kappa shape index (κ3) is 5.09. The molecule has 1 aromatic rings. The number of nitrogens with one attached hydrogen (secondary N) is 1. The molecule has 0 aliphatic heterocycles. The molecule has 1 rings (SSSR count). The summed E-state index contributed by atoms with van der Waals surface area (Å²) in [5, 5.41) is 13.1. The number of halogens is 1. The Morgan fingerprint density at radius 3 is 2.68 bits per heavy atom. The minimum absolute atomic E-state index is 0.185. The predicted molar refractivity (Wildman–Crippen MR) is 78.3 cm³/mol. The first-order chi connectivity index (χ1) is 8.71. The van der Waals surface area contributed by atoms with Crippen LogP contribution in [0.25, 0.3) is 0 Å². The third-order valence-corrected chi connectivity index (χ3v) is 3.03. The summed E-state index contributed by atoms with van der Waals surface area (Å²) in [6.45, 7) is 5.93. The fourth-order valence-corrected chi connectivity index (χ4v) is 2.31. The van der Waals surface area contributed by atoms with E-state index in [0.29, 0.717) is 28.6 Å². The molecule has 5 heteroatoms. The van der Waals surface area contributed by atoms with Gasteiger partial charge in [0.1, 0.15) is 0 Å². The van der Waals surface area contributed by atoms with Gasteiger partial charge in [0.05, 0.1) is 16.2 Å². The van der Waals surface area contributed by atoms with Gasteiger partial charge in [0.25, 0.3) is 5.91 Å². The molecule has 1 atom stereocenters. The van der Waals surface area contributed by atoms with E-state index in [4.69, 9.17) is 17.3 Å². The van der Waals surface area contributed by atoms with Crippen molar-refractivity contribution in [2.45, 2.75) is 32.8 Å². The largest absolute Gasteiger partial charge is 0.399 e. The van der Waals surface area contributed by atoms with Crippen LogP contribution in [0.1, 0.15) is 37.6 Å². The molecule has 1 amide bonds. The Bertz CT molecular complexity index is 459. The minimum atomic E-state index is -0.926. The molecule has 0 radical (unpaired) electrons. The number of aliphatic hydroxyl groups is 1. The van der Waals surface area contributed by atoms with Gasteiger partial charge >= 0.3 is 0 Å². The molecular weight excluding hydrogens is 264 g/mol. The first-order valence-corrected chi connectivity index (χ1v) is 6.64. The van der Waals surface area contributed by atoms with E-state index < -0.39 is 5.60 Å². The summed E-state index contributed by atoms with van der Waals surface area (Å²) >= 11 is 5.96. The first-order valence-electron chi connectivity index (χ1n) is 6.27. The summed E-state index contributed by atoms with van der Waals surface area (Å²) in [5.74, 6) is 0.0426. The van der Waals surface area contributed by atoms with Gasteiger partial charge in [0, 0.05) is 12.2 Å². The van der Waals surface area contributed by atoms with Crippen LogP contribution in [0.15, 0.2) is 18.2 Å². The SMILES string of the molecule is CC(C)CC(C)(O)CNC(=O)c1ccc(N)cc1Cl. The van der Waals surface area contributed by atoms with Crippen molar-refractivity contribution in [1.29, 1.82) is 0 Å². The maximum Gasteiger partial charge on any atom is 0.252 e. The third-order valence-electron chi connectivity index (χ3n) is 2.72. The van der Waals surface area contributed by atoms with Gasteiger partial charge in [0.2, 0.25) is 0 Å².